The molecular weight excluding hydrogens is 546 g/mol. The van der Waals surface area contributed by atoms with Crippen LogP contribution in [0.15, 0.2) is 91.3 Å². The molecule has 5 aromatic rings. The fraction of sp³-hybridized carbons (Fsp3) is 0.0968. The van der Waals surface area contributed by atoms with E-state index < -0.39 is 41.2 Å². The quantitative estimate of drug-likeness (QED) is 0.202. The number of carbonyl (C=O) groups excluding carboxylic acids is 1. The Morgan fingerprint density at radius 3 is 2.26 bits per heavy atom. The van der Waals surface area contributed by atoms with E-state index in [1.165, 1.54) is 23.0 Å². The lowest BCUT2D eigenvalue weighted by Crippen LogP contribution is -2.18. The molecule has 1 amide bonds. The van der Waals surface area contributed by atoms with Gasteiger partial charge in [0.1, 0.15) is 11.9 Å². The third-order valence-electron chi connectivity index (χ3n) is 6.42. The number of hydrogen-bond acceptors (Lipinski definition) is 6. The zero-order valence-electron chi connectivity index (χ0n) is 22.4. The molecule has 1 atom stereocenters. The molecule has 1 unspecified atom stereocenters. The number of ether oxygens (including phenoxy) is 2. The summed E-state index contributed by atoms with van der Waals surface area (Å²) in [6.07, 6.45) is 1.70. The molecule has 0 saturated carbocycles. The van der Waals surface area contributed by atoms with Gasteiger partial charge in [-0.1, -0.05) is 54.6 Å². The number of amides is 1. The van der Waals surface area contributed by atoms with Crippen LogP contribution in [0.1, 0.15) is 29.1 Å². The third-order valence-corrected chi connectivity index (χ3v) is 6.42. The van der Waals surface area contributed by atoms with Gasteiger partial charge in [0.25, 0.3) is 0 Å². The molecule has 0 fully saturated rings. The van der Waals surface area contributed by atoms with Crippen LogP contribution in [0.5, 0.6) is 11.5 Å². The first-order valence-corrected chi connectivity index (χ1v) is 12.7. The number of benzene rings is 3. The average molecular weight is 571 g/mol. The first kappa shape index (κ1) is 28.0. The lowest BCUT2D eigenvalue weighted by atomic mass is 10.0. The van der Waals surface area contributed by atoms with Crippen molar-refractivity contribution in [3.05, 3.63) is 114 Å². The first-order valence-electron chi connectivity index (χ1n) is 12.7. The van der Waals surface area contributed by atoms with Crippen LogP contribution >= 0.6 is 0 Å². The summed E-state index contributed by atoms with van der Waals surface area (Å²) < 4.78 is 42.1. The molecule has 5 rings (SSSR count). The Labute approximate surface area is 239 Å². The number of hydrogen-bond donors (Lipinski definition) is 2. The lowest BCUT2D eigenvalue weighted by Gasteiger charge is -2.15. The van der Waals surface area contributed by atoms with Gasteiger partial charge in [-0.25, -0.2) is 23.4 Å². The van der Waals surface area contributed by atoms with Crippen LogP contribution in [0.2, 0.25) is 0 Å². The highest BCUT2D eigenvalue weighted by molar-refractivity contribution is 5.90. The van der Waals surface area contributed by atoms with Crippen molar-refractivity contribution in [1.29, 1.82) is 0 Å². The van der Waals surface area contributed by atoms with Crippen LogP contribution in [0.4, 0.5) is 19.4 Å². The summed E-state index contributed by atoms with van der Waals surface area (Å²) in [5.74, 6) is -4.06. The van der Waals surface area contributed by atoms with Crippen molar-refractivity contribution in [3.63, 3.8) is 0 Å². The predicted molar refractivity (Wildman–Crippen MR) is 150 cm³/mol. The number of aromatic carboxylic acids is 1. The minimum atomic E-state index is -1.39. The van der Waals surface area contributed by atoms with Crippen LogP contribution < -0.4 is 10.1 Å². The Morgan fingerprint density at radius 1 is 0.929 bits per heavy atom. The topological polar surface area (TPSA) is 116 Å². The molecule has 0 aliphatic heterocycles. The van der Waals surface area contributed by atoms with Crippen LogP contribution in [0.3, 0.4) is 0 Å². The number of carbonyl (C=O) groups is 2. The smallest absolute Gasteiger partial charge is 0.413 e. The standard InChI is InChI=1S/C31H24F2N4O5/c1-18(19-7-4-3-5-8-19)41-31(40)36-29-23(17-35-37(29)2)21-12-10-20(11-13-21)22-15-24(32)28(25(33)16-22)42-26-9-6-14-34-27(26)30(38)39/h3-18H,1-2H3,(H,36,40)(H,38,39). The number of aromatic nitrogens is 3. The molecule has 11 heteroatoms. The Bertz CT molecular complexity index is 1730. The van der Waals surface area contributed by atoms with Crippen molar-refractivity contribution >= 4 is 17.9 Å². The number of aryl methyl sites for hydroxylation is 1. The van der Waals surface area contributed by atoms with E-state index in [9.17, 15) is 23.5 Å². The normalized spacial score (nSPS) is 11.5. The Morgan fingerprint density at radius 2 is 1.60 bits per heavy atom. The molecule has 0 aliphatic rings. The van der Waals surface area contributed by atoms with Crippen LogP contribution in [0, 0.1) is 11.6 Å². The van der Waals surface area contributed by atoms with Crippen LogP contribution in [-0.4, -0.2) is 31.9 Å². The van der Waals surface area contributed by atoms with Crippen molar-refractivity contribution in [3.8, 4) is 33.8 Å². The molecule has 0 spiro atoms. The molecule has 0 radical (unpaired) electrons. The maximum atomic E-state index is 14.9. The summed E-state index contributed by atoms with van der Waals surface area (Å²) in [4.78, 5) is 27.7. The molecule has 0 bridgehead atoms. The van der Waals surface area contributed by atoms with Crippen molar-refractivity contribution in [1.82, 2.24) is 14.8 Å². The molecule has 3 aromatic carbocycles. The Kier molecular flexibility index (Phi) is 7.91. The predicted octanol–water partition coefficient (Wildman–Crippen LogP) is 7.23. The average Bonchev–Trinajstić information content (AvgIpc) is 3.34. The molecule has 212 valence electrons. The highest BCUT2D eigenvalue weighted by Crippen LogP contribution is 2.35. The van der Waals surface area contributed by atoms with Crippen molar-refractivity contribution in [2.75, 3.05) is 5.32 Å². The summed E-state index contributed by atoms with van der Waals surface area (Å²) in [6, 6.07) is 20.9. The van der Waals surface area contributed by atoms with E-state index in [1.807, 2.05) is 30.3 Å². The maximum Gasteiger partial charge on any atom is 0.413 e. The van der Waals surface area contributed by atoms with E-state index in [4.69, 9.17) is 9.47 Å². The van der Waals surface area contributed by atoms with Gasteiger partial charge in [0.15, 0.2) is 28.8 Å². The maximum absolute atomic E-state index is 14.9. The van der Waals surface area contributed by atoms with E-state index in [2.05, 4.69) is 15.4 Å². The number of nitrogens with zero attached hydrogens (tertiary/aromatic N) is 3. The van der Waals surface area contributed by atoms with Gasteiger partial charge in [-0.3, -0.25) is 10.00 Å². The van der Waals surface area contributed by atoms with Crippen molar-refractivity contribution in [2.45, 2.75) is 13.0 Å². The molecule has 2 aromatic heterocycles. The number of halogens is 2. The number of carboxylic acids is 1. The summed E-state index contributed by atoms with van der Waals surface area (Å²) in [6.45, 7) is 1.77. The van der Waals surface area contributed by atoms with Gasteiger partial charge in [-0.15, -0.1) is 0 Å². The number of carboxylic acid groups (broad SMARTS) is 1. The number of anilines is 1. The third kappa shape index (κ3) is 5.94. The summed E-state index contributed by atoms with van der Waals surface area (Å²) >= 11 is 0. The Balaban J connectivity index is 1.34. The molecule has 9 nitrogen and oxygen atoms in total. The fourth-order valence-corrected chi connectivity index (χ4v) is 4.29. The van der Waals surface area contributed by atoms with Gasteiger partial charge in [-0.2, -0.15) is 5.10 Å². The van der Waals surface area contributed by atoms with Gasteiger partial charge in [0.05, 0.1) is 6.20 Å². The zero-order valence-corrected chi connectivity index (χ0v) is 22.4. The van der Waals surface area contributed by atoms with Gasteiger partial charge in [0, 0.05) is 18.8 Å². The molecule has 2 heterocycles. The van der Waals surface area contributed by atoms with Crippen molar-refractivity contribution < 1.29 is 33.0 Å². The zero-order chi connectivity index (χ0) is 29.8. The minimum absolute atomic E-state index is 0.233. The number of nitrogens with one attached hydrogen (secondary N) is 1. The first-order chi connectivity index (χ1) is 20.2. The van der Waals surface area contributed by atoms with Crippen LogP contribution in [-0.2, 0) is 11.8 Å². The van der Waals surface area contributed by atoms with Gasteiger partial charge in [0.2, 0.25) is 0 Å². The van der Waals surface area contributed by atoms with E-state index in [0.29, 0.717) is 22.5 Å². The van der Waals surface area contributed by atoms with Crippen molar-refractivity contribution in [2.24, 2.45) is 7.05 Å². The second-order valence-corrected chi connectivity index (χ2v) is 9.22. The lowest BCUT2D eigenvalue weighted by molar-refractivity contribution is 0.0687. The second kappa shape index (κ2) is 11.9. The molecular formula is C31H24F2N4O5. The van der Waals surface area contributed by atoms with E-state index in [1.54, 1.807) is 44.4 Å². The van der Waals surface area contributed by atoms with E-state index in [0.717, 1.165) is 17.7 Å². The Hall–Kier alpha value is -5.58. The number of rotatable bonds is 8. The summed E-state index contributed by atoms with van der Waals surface area (Å²) in [7, 11) is 1.67. The molecule has 2 N–H and O–H groups in total. The number of pyridine rings is 1. The molecule has 0 aliphatic carbocycles. The fourth-order valence-electron chi connectivity index (χ4n) is 4.29. The van der Waals surface area contributed by atoms with Gasteiger partial charge in [-0.05, 0) is 53.4 Å². The minimum Gasteiger partial charge on any atom is -0.476 e. The summed E-state index contributed by atoms with van der Waals surface area (Å²) in [5, 5.41) is 16.2. The van der Waals surface area contributed by atoms with Gasteiger partial charge >= 0.3 is 12.1 Å². The van der Waals surface area contributed by atoms with Gasteiger partial charge < -0.3 is 14.6 Å². The summed E-state index contributed by atoms with van der Waals surface area (Å²) in [5.41, 5.74) is 2.42. The highest BCUT2D eigenvalue weighted by atomic mass is 19.1. The molecule has 0 saturated heterocycles. The monoisotopic (exact) mass is 570 g/mol. The van der Waals surface area contributed by atoms with E-state index in [-0.39, 0.29) is 11.3 Å². The highest BCUT2D eigenvalue weighted by Gasteiger charge is 2.20. The van der Waals surface area contributed by atoms with E-state index >= 15 is 0 Å². The van der Waals surface area contributed by atoms with Crippen LogP contribution in [0.25, 0.3) is 22.3 Å². The largest absolute Gasteiger partial charge is 0.476 e. The molecule has 42 heavy (non-hydrogen) atoms. The second-order valence-electron chi connectivity index (χ2n) is 9.22. The SMILES string of the molecule is CC(OC(=O)Nc1c(-c2ccc(-c3cc(F)c(Oc4cccnc4C(=O)O)c(F)c3)cc2)cnn1C)c1ccccc1.